The fraction of sp³-hybridized carbons (Fsp3) is 0.357. The van der Waals surface area contributed by atoms with Crippen LogP contribution in [0.25, 0.3) is 0 Å². The summed E-state index contributed by atoms with van der Waals surface area (Å²) in [6.45, 7) is 7.38. The number of hydrogen-bond acceptors (Lipinski definition) is 3. The lowest BCUT2D eigenvalue weighted by atomic mass is 10.2. The van der Waals surface area contributed by atoms with Crippen LogP contribution in [0.5, 0.6) is 0 Å². The Kier molecular flexibility index (Phi) is 3.47. The van der Waals surface area contributed by atoms with E-state index in [2.05, 4.69) is 29.7 Å². The number of nitrogens with zero attached hydrogens (tertiary/aromatic N) is 1. The van der Waals surface area contributed by atoms with Gasteiger partial charge in [-0.2, -0.15) is 0 Å². The summed E-state index contributed by atoms with van der Waals surface area (Å²) < 4.78 is 5.10. The smallest absolute Gasteiger partial charge is 0.333 e. The van der Waals surface area contributed by atoms with Crippen molar-refractivity contribution in [1.29, 1.82) is 0 Å². The number of carbonyl (C=O) groups is 1. The van der Waals surface area contributed by atoms with Gasteiger partial charge in [0.1, 0.15) is 6.61 Å². The number of esters is 1. The summed E-state index contributed by atoms with van der Waals surface area (Å²) in [5.41, 5.74) is 3.09. The predicted octanol–water partition coefficient (Wildman–Crippen LogP) is 2.17. The zero-order valence-corrected chi connectivity index (χ0v) is 10.1. The van der Waals surface area contributed by atoms with Gasteiger partial charge in [0.2, 0.25) is 0 Å². The van der Waals surface area contributed by atoms with Gasteiger partial charge < -0.3 is 9.64 Å². The van der Waals surface area contributed by atoms with E-state index in [0.29, 0.717) is 12.2 Å². The monoisotopic (exact) mass is 231 g/mol. The number of anilines is 1. The minimum absolute atomic E-state index is 0.308. The Balaban J connectivity index is 1.86. The van der Waals surface area contributed by atoms with Crippen molar-refractivity contribution in [2.45, 2.75) is 13.3 Å². The van der Waals surface area contributed by atoms with Crippen LogP contribution in [-0.4, -0.2) is 25.7 Å². The molecule has 17 heavy (non-hydrogen) atoms. The molecule has 0 saturated heterocycles. The third-order valence-corrected chi connectivity index (χ3v) is 2.93. The molecule has 1 aliphatic heterocycles. The Morgan fingerprint density at radius 3 is 3.00 bits per heavy atom. The summed E-state index contributed by atoms with van der Waals surface area (Å²) in [5, 5.41) is 0. The normalized spacial score (nSPS) is 13.4. The van der Waals surface area contributed by atoms with E-state index in [4.69, 9.17) is 4.74 Å². The van der Waals surface area contributed by atoms with Gasteiger partial charge in [0, 0.05) is 17.8 Å². The first-order chi connectivity index (χ1) is 8.18. The van der Waals surface area contributed by atoms with Crippen LogP contribution in [0.1, 0.15) is 12.5 Å². The Bertz CT molecular complexity index is 440. The highest BCUT2D eigenvalue weighted by Gasteiger charge is 2.17. The molecule has 0 N–H and O–H groups in total. The molecule has 0 radical (unpaired) electrons. The Hall–Kier alpha value is -1.77. The number of benzene rings is 1. The molecule has 0 unspecified atom stereocenters. The summed E-state index contributed by atoms with van der Waals surface area (Å²) in [6.07, 6.45) is 1.07. The molecule has 0 aromatic heterocycles. The quantitative estimate of drug-likeness (QED) is 0.587. The second-order valence-electron chi connectivity index (χ2n) is 4.28. The highest BCUT2D eigenvalue weighted by molar-refractivity contribution is 5.86. The molecule has 0 atom stereocenters. The molecule has 90 valence electrons. The van der Waals surface area contributed by atoms with Crippen molar-refractivity contribution in [2.24, 2.45) is 0 Å². The van der Waals surface area contributed by atoms with Gasteiger partial charge in [-0.05, 0) is 25.0 Å². The highest BCUT2D eigenvalue weighted by atomic mass is 16.5. The zero-order valence-electron chi connectivity index (χ0n) is 10.1. The average Bonchev–Trinajstić information content (AvgIpc) is 2.72. The van der Waals surface area contributed by atoms with Crippen LogP contribution in [0, 0.1) is 0 Å². The maximum atomic E-state index is 11.2. The minimum Gasteiger partial charge on any atom is -0.460 e. The Morgan fingerprint density at radius 1 is 1.47 bits per heavy atom. The summed E-state index contributed by atoms with van der Waals surface area (Å²) in [4.78, 5) is 13.5. The van der Waals surface area contributed by atoms with Crippen molar-refractivity contribution in [1.82, 2.24) is 0 Å². The van der Waals surface area contributed by atoms with Gasteiger partial charge >= 0.3 is 5.97 Å². The molecule has 0 fully saturated rings. The van der Waals surface area contributed by atoms with Crippen molar-refractivity contribution in [3.8, 4) is 0 Å². The van der Waals surface area contributed by atoms with E-state index in [9.17, 15) is 4.79 Å². The molecule has 0 aliphatic carbocycles. The number of rotatable bonds is 4. The SMILES string of the molecule is C=C(C)C(=O)OCCN1CCc2ccccc21. The second-order valence-corrected chi connectivity index (χ2v) is 4.28. The van der Waals surface area contributed by atoms with Crippen molar-refractivity contribution in [3.63, 3.8) is 0 Å². The average molecular weight is 231 g/mol. The van der Waals surface area contributed by atoms with Crippen molar-refractivity contribution < 1.29 is 9.53 Å². The molecule has 3 heteroatoms. The third-order valence-electron chi connectivity index (χ3n) is 2.93. The van der Waals surface area contributed by atoms with Crippen molar-refractivity contribution in [2.75, 3.05) is 24.6 Å². The number of carbonyl (C=O) groups excluding carboxylic acids is 1. The minimum atomic E-state index is -0.308. The molecule has 3 nitrogen and oxygen atoms in total. The number of ether oxygens (including phenoxy) is 1. The second kappa shape index (κ2) is 5.04. The highest BCUT2D eigenvalue weighted by Crippen LogP contribution is 2.26. The lowest BCUT2D eigenvalue weighted by molar-refractivity contribution is -0.138. The topological polar surface area (TPSA) is 29.5 Å². The predicted molar refractivity (Wildman–Crippen MR) is 68.1 cm³/mol. The maximum absolute atomic E-state index is 11.2. The van der Waals surface area contributed by atoms with E-state index >= 15 is 0 Å². The summed E-state index contributed by atoms with van der Waals surface area (Å²) in [7, 11) is 0. The first kappa shape index (κ1) is 11.7. The first-order valence-electron chi connectivity index (χ1n) is 5.84. The summed E-state index contributed by atoms with van der Waals surface area (Å²) in [6, 6.07) is 8.36. The molecule has 2 rings (SSSR count). The molecular formula is C14H17NO2. The number of fused-ring (bicyclic) bond motifs is 1. The van der Waals surface area contributed by atoms with E-state index < -0.39 is 0 Å². The van der Waals surface area contributed by atoms with Gasteiger partial charge in [-0.25, -0.2) is 4.79 Å². The molecule has 0 amide bonds. The van der Waals surface area contributed by atoms with Gasteiger partial charge in [-0.3, -0.25) is 0 Å². The van der Waals surface area contributed by atoms with E-state index in [-0.39, 0.29) is 5.97 Å². The number of hydrogen-bond donors (Lipinski definition) is 0. The molecule has 1 aliphatic rings. The van der Waals surface area contributed by atoms with Crippen molar-refractivity contribution >= 4 is 11.7 Å². The molecular weight excluding hydrogens is 214 g/mol. The van der Waals surface area contributed by atoms with Gasteiger partial charge in [0.25, 0.3) is 0 Å². The van der Waals surface area contributed by atoms with Crippen LogP contribution in [-0.2, 0) is 16.0 Å². The molecule has 0 bridgehead atoms. The van der Waals surface area contributed by atoms with Crippen LogP contribution < -0.4 is 4.90 Å². The van der Waals surface area contributed by atoms with Crippen LogP contribution in [0.15, 0.2) is 36.4 Å². The largest absolute Gasteiger partial charge is 0.460 e. The molecule has 1 aromatic carbocycles. The summed E-state index contributed by atoms with van der Waals surface area (Å²) >= 11 is 0. The fourth-order valence-corrected chi connectivity index (χ4v) is 2.01. The zero-order chi connectivity index (χ0) is 12.3. The van der Waals surface area contributed by atoms with E-state index in [1.54, 1.807) is 6.92 Å². The first-order valence-corrected chi connectivity index (χ1v) is 5.84. The van der Waals surface area contributed by atoms with Gasteiger partial charge in [-0.15, -0.1) is 0 Å². The van der Waals surface area contributed by atoms with Crippen LogP contribution in [0.2, 0.25) is 0 Å². The number of para-hydroxylation sites is 1. The van der Waals surface area contributed by atoms with Gasteiger partial charge in [-0.1, -0.05) is 24.8 Å². The third kappa shape index (κ3) is 2.67. The maximum Gasteiger partial charge on any atom is 0.333 e. The van der Waals surface area contributed by atoms with Crippen molar-refractivity contribution in [3.05, 3.63) is 42.0 Å². The molecule has 0 saturated carbocycles. The van der Waals surface area contributed by atoms with Crippen LogP contribution >= 0.6 is 0 Å². The lowest BCUT2D eigenvalue weighted by Gasteiger charge is -2.19. The van der Waals surface area contributed by atoms with Crippen LogP contribution in [0.4, 0.5) is 5.69 Å². The summed E-state index contributed by atoms with van der Waals surface area (Å²) in [5.74, 6) is -0.308. The van der Waals surface area contributed by atoms with E-state index in [0.717, 1.165) is 19.5 Å². The fourth-order valence-electron chi connectivity index (χ4n) is 2.01. The Morgan fingerprint density at radius 2 is 2.24 bits per heavy atom. The van der Waals surface area contributed by atoms with E-state index in [1.165, 1.54) is 11.3 Å². The molecule has 0 spiro atoms. The lowest BCUT2D eigenvalue weighted by Crippen LogP contribution is -2.26. The van der Waals surface area contributed by atoms with Gasteiger partial charge in [0.15, 0.2) is 0 Å². The molecule has 1 heterocycles. The van der Waals surface area contributed by atoms with Gasteiger partial charge in [0.05, 0.1) is 6.54 Å². The van der Waals surface area contributed by atoms with E-state index in [1.807, 2.05) is 6.07 Å². The Labute approximate surface area is 102 Å². The van der Waals surface area contributed by atoms with Crippen LogP contribution in [0.3, 0.4) is 0 Å². The molecule has 1 aromatic rings. The standard InChI is InChI=1S/C14H17NO2/c1-11(2)14(16)17-10-9-15-8-7-12-5-3-4-6-13(12)15/h3-6H,1,7-10H2,2H3.